The van der Waals surface area contributed by atoms with Crippen LogP contribution in [0.15, 0.2) is 48.8 Å². The predicted octanol–water partition coefficient (Wildman–Crippen LogP) is 5.53. The molecule has 2 heterocycles. The molecule has 0 saturated heterocycles. The van der Waals surface area contributed by atoms with Crippen molar-refractivity contribution in [1.29, 1.82) is 5.26 Å². The Morgan fingerprint density at radius 2 is 2.16 bits per heavy atom. The molecule has 0 bridgehead atoms. The molecule has 0 aliphatic heterocycles. The summed E-state index contributed by atoms with van der Waals surface area (Å²) in [4.78, 5) is 31.8. The number of rotatable bonds is 8. The number of fused-ring (bicyclic) bond motifs is 1. The first-order valence-electron chi connectivity index (χ1n) is 12.2. The molecule has 1 N–H and O–H groups in total. The van der Waals surface area contributed by atoms with E-state index < -0.39 is 6.09 Å². The molecule has 1 aliphatic rings. The van der Waals surface area contributed by atoms with Crippen LogP contribution in [0, 0.1) is 17.2 Å². The highest BCUT2D eigenvalue weighted by Gasteiger charge is 2.28. The highest BCUT2D eigenvalue weighted by atomic mass is 32.1. The monoisotopic (exact) mass is 518 g/mol. The summed E-state index contributed by atoms with van der Waals surface area (Å²) in [6, 6.07) is 13.5. The molecule has 37 heavy (non-hydrogen) atoms. The molecule has 8 nitrogen and oxygen atoms in total. The highest BCUT2D eigenvalue weighted by Crippen LogP contribution is 2.39. The van der Waals surface area contributed by atoms with E-state index in [0.29, 0.717) is 42.1 Å². The number of carbonyl (C=O) groups is 2. The van der Waals surface area contributed by atoms with Gasteiger partial charge < -0.3 is 14.8 Å². The van der Waals surface area contributed by atoms with Crippen molar-refractivity contribution in [2.24, 2.45) is 5.92 Å². The zero-order valence-corrected chi connectivity index (χ0v) is 22.0. The number of thiophene rings is 1. The number of amides is 2. The van der Waals surface area contributed by atoms with E-state index in [4.69, 9.17) is 9.47 Å². The lowest BCUT2D eigenvalue weighted by Gasteiger charge is -2.23. The number of pyridine rings is 1. The quantitative estimate of drug-likeness (QED) is 0.420. The van der Waals surface area contributed by atoms with Gasteiger partial charge in [-0.15, -0.1) is 11.3 Å². The molecule has 2 atom stereocenters. The third kappa shape index (κ3) is 6.27. The molecule has 0 fully saturated rings. The lowest BCUT2D eigenvalue weighted by molar-refractivity contribution is -0.116. The topological polar surface area (TPSA) is 105 Å². The van der Waals surface area contributed by atoms with E-state index in [2.05, 4.69) is 16.4 Å². The normalized spacial score (nSPS) is 15.1. The van der Waals surface area contributed by atoms with Crippen molar-refractivity contribution in [1.82, 2.24) is 4.98 Å². The first-order valence-corrected chi connectivity index (χ1v) is 13.0. The SMILES string of the molecule is COc1cccc(C(C)CC(=O)Nc2sc3c(c2C#N)CCC(COC(=O)N(C)c2cccnc2)C3)c1. The fraction of sp³-hybridized carbons (Fsp3) is 0.357. The van der Waals surface area contributed by atoms with E-state index in [9.17, 15) is 14.9 Å². The van der Waals surface area contributed by atoms with E-state index in [0.717, 1.165) is 28.2 Å². The first-order chi connectivity index (χ1) is 17.9. The van der Waals surface area contributed by atoms with Crippen molar-refractivity contribution in [3.05, 3.63) is 70.4 Å². The number of aromatic nitrogens is 1. The van der Waals surface area contributed by atoms with Gasteiger partial charge in [-0.2, -0.15) is 5.26 Å². The Bertz CT molecular complexity index is 1300. The molecule has 192 valence electrons. The van der Waals surface area contributed by atoms with Gasteiger partial charge in [0, 0.05) is 24.5 Å². The maximum Gasteiger partial charge on any atom is 0.414 e. The Morgan fingerprint density at radius 3 is 2.89 bits per heavy atom. The number of methoxy groups -OCH3 is 1. The number of carbonyl (C=O) groups excluding carboxylic acids is 2. The minimum atomic E-state index is -0.430. The molecule has 2 aromatic heterocycles. The number of nitrogens with zero attached hydrogens (tertiary/aromatic N) is 3. The Morgan fingerprint density at radius 1 is 1.32 bits per heavy atom. The Kier molecular flexibility index (Phi) is 8.41. The third-order valence-corrected chi connectivity index (χ3v) is 7.81. The maximum atomic E-state index is 12.8. The van der Waals surface area contributed by atoms with E-state index in [1.807, 2.05) is 31.2 Å². The smallest absolute Gasteiger partial charge is 0.414 e. The van der Waals surface area contributed by atoms with Crippen LogP contribution in [0.2, 0.25) is 0 Å². The van der Waals surface area contributed by atoms with Crippen molar-refractivity contribution >= 4 is 34.0 Å². The molecule has 9 heteroatoms. The number of benzene rings is 1. The van der Waals surface area contributed by atoms with Crippen molar-refractivity contribution in [3.8, 4) is 11.8 Å². The van der Waals surface area contributed by atoms with Gasteiger partial charge in [-0.3, -0.25) is 14.7 Å². The second-order valence-corrected chi connectivity index (χ2v) is 10.3. The Labute approximate surface area is 220 Å². The van der Waals surface area contributed by atoms with Gasteiger partial charge in [-0.05, 0) is 66.5 Å². The number of nitrogens with one attached hydrogen (secondary N) is 1. The zero-order chi connectivity index (χ0) is 26.4. The average Bonchev–Trinajstić information content (AvgIpc) is 3.27. The van der Waals surface area contributed by atoms with Crippen LogP contribution in [0.3, 0.4) is 0 Å². The second kappa shape index (κ2) is 11.9. The lowest BCUT2D eigenvalue weighted by Crippen LogP contribution is -2.30. The number of hydrogen-bond donors (Lipinski definition) is 1. The fourth-order valence-electron chi connectivity index (χ4n) is 4.47. The standard InChI is InChI=1S/C28H30N4O4S/c1-18(20-6-4-8-22(14-20)35-3)12-26(33)31-27-24(15-29)23-10-9-19(13-25(23)37-27)17-36-28(34)32(2)21-7-5-11-30-16-21/h4-8,11,14,16,18-19H,9-10,12-13,17H2,1-3H3,(H,31,33). The number of ether oxygens (including phenoxy) is 2. The first kappa shape index (κ1) is 26.2. The average molecular weight is 519 g/mol. The van der Waals surface area contributed by atoms with E-state index >= 15 is 0 Å². The van der Waals surface area contributed by atoms with Gasteiger partial charge in [-0.1, -0.05) is 19.1 Å². The van der Waals surface area contributed by atoms with Gasteiger partial charge in [0.2, 0.25) is 5.91 Å². The van der Waals surface area contributed by atoms with Crippen LogP contribution in [0.25, 0.3) is 0 Å². The van der Waals surface area contributed by atoms with E-state index in [1.165, 1.54) is 16.2 Å². The molecule has 1 aromatic carbocycles. The van der Waals surface area contributed by atoms with Crippen LogP contribution in [0.5, 0.6) is 5.75 Å². The summed E-state index contributed by atoms with van der Waals surface area (Å²) in [7, 11) is 3.27. The lowest BCUT2D eigenvalue weighted by atomic mass is 9.88. The summed E-state index contributed by atoms with van der Waals surface area (Å²) in [5.74, 6) is 0.778. The van der Waals surface area contributed by atoms with Gasteiger partial charge in [0.15, 0.2) is 0 Å². The van der Waals surface area contributed by atoms with Gasteiger partial charge in [0.25, 0.3) is 0 Å². The molecular weight excluding hydrogens is 488 g/mol. The van der Waals surface area contributed by atoms with Crippen LogP contribution >= 0.6 is 11.3 Å². The summed E-state index contributed by atoms with van der Waals surface area (Å²) >= 11 is 1.45. The summed E-state index contributed by atoms with van der Waals surface area (Å²) in [6.45, 7) is 2.29. The molecule has 0 saturated carbocycles. The minimum Gasteiger partial charge on any atom is -0.497 e. The van der Waals surface area contributed by atoms with Gasteiger partial charge in [0.1, 0.15) is 16.8 Å². The fourth-order valence-corrected chi connectivity index (χ4v) is 5.80. The number of nitriles is 1. The molecule has 3 aromatic rings. The second-order valence-electron chi connectivity index (χ2n) is 9.21. The third-order valence-electron chi connectivity index (χ3n) is 6.64. The Balaban J connectivity index is 1.35. The number of hydrogen-bond acceptors (Lipinski definition) is 7. The molecule has 2 unspecified atom stereocenters. The van der Waals surface area contributed by atoms with Crippen LogP contribution in [0.1, 0.15) is 47.3 Å². The molecular formula is C28H30N4O4S. The van der Waals surface area contributed by atoms with E-state index in [1.54, 1.807) is 38.7 Å². The predicted molar refractivity (Wildman–Crippen MR) is 143 cm³/mol. The van der Waals surface area contributed by atoms with Crippen molar-refractivity contribution < 1.29 is 19.1 Å². The van der Waals surface area contributed by atoms with Gasteiger partial charge >= 0.3 is 6.09 Å². The molecule has 4 rings (SSSR count). The van der Waals surface area contributed by atoms with Crippen LogP contribution in [-0.2, 0) is 22.4 Å². The highest BCUT2D eigenvalue weighted by molar-refractivity contribution is 7.16. The molecule has 1 aliphatic carbocycles. The van der Waals surface area contributed by atoms with Crippen LogP contribution in [-0.4, -0.2) is 37.7 Å². The largest absolute Gasteiger partial charge is 0.497 e. The minimum absolute atomic E-state index is 0.000845. The summed E-state index contributed by atoms with van der Waals surface area (Å²) in [5.41, 5.74) is 3.23. The summed E-state index contributed by atoms with van der Waals surface area (Å²) < 4.78 is 10.8. The van der Waals surface area contributed by atoms with Crippen LogP contribution < -0.4 is 15.0 Å². The molecule has 0 spiro atoms. The van der Waals surface area contributed by atoms with E-state index in [-0.39, 0.29) is 17.7 Å². The van der Waals surface area contributed by atoms with Crippen LogP contribution in [0.4, 0.5) is 15.5 Å². The van der Waals surface area contributed by atoms with Crippen molar-refractivity contribution in [3.63, 3.8) is 0 Å². The maximum absolute atomic E-state index is 12.8. The number of anilines is 2. The van der Waals surface area contributed by atoms with Crippen molar-refractivity contribution in [2.45, 2.75) is 38.5 Å². The summed E-state index contributed by atoms with van der Waals surface area (Å²) in [5, 5.41) is 13.4. The molecule has 2 amide bonds. The Hall–Kier alpha value is -3.90. The van der Waals surface area contributed by atoms with Crippen molar-refractivity contribution in [2.75, 3.05) is 31.0 Å². The van der Waals surface area contributed by atoms with Gasteiger partial charge in [-0.25, -0.2) is 4.79 Å². The van der Waals surface area contributed by atoms with Gasteiger partial charge in [0.05, 0.1) is 31.2 Å². The zero-order valence-electron chi connectivity index (χ0n) is 21.2. The molecule has 0 radical (unpaired) electrons. The summed E-state index contributed by atoms with van der Waals surface area (Å²) in [6.07, 6.45) is 5.35.